The van der Waals surface area contributed by atoms with Crippen LogP contribution in [0, 0.1) is 5.82 Å². The third kappa shape index (κ3) is 2.85. The lowest BCUT2D eigenvalue weighted by molar-refractivity contribution is 0.0993. The van der Waals surface area contributed by atoms with E-state index in [1.807, 2.05) is 0 Å². The highest BCUT2D eigenvalue weighted by molar-refractivity contribution is 6.34. The monoisotopic (exact) mass is 278 g/mol. The first kappa shape index (κ1) is 13.4. The predicted molar refractivity (Wildman–Crippen MR) is 75.0 cm³/mol. The molecule has 0 aliphatic carbocycles. The molecule has 0 unspecified atom stereocenters. The summed E-state index contributed by atoms with van der Waals surface area (Å²) in [7, 11) is 1.59. The molecular formula is C14H12ClFN2O. The molecule has 98 valence electrons. The molecule has 2 N–H and O–H groups in total. The van der Waals surface area contributed by atoms with Gasteiger partial charge in [0, 0.05) is 18.4 Å². The molecule has 0 spiro atoms. The summed E-state index contributed by atoms with van der Waals surface area (Å²) in [6, 6.07) is 10.3. The van der Waals surface area contributed by atoms with Gasteiger partial charge in [-0.2, -0.15) is 0 Å². The number of hydrogen-bond donors (Lipinski definition) is 1. The molecule has 0 radical (unpaired) electrons. The van der Waals surface area contributed by atoms with Crippen molar-refractivity contribution in [2.75, 3.05) is 17.7 Å². The van der Waals surface area contributed by atoms with Crippen molar-refractivity contribution in [2.24, 2.45) is 0 Å². The van der Waals surface area contributed by atoms with E-state index in [-0.39, 0.29) is 11.7 Å². The molecule has 2 aromatic carbocycles. The van der Waals surface area contributed by atoms with Gasteiger partial charge in [-0.15, -0.1) is 0 Å². The number of amides is 1. The molecule has 2 aromatic rings. The van der Waals surface area contributed by atoms with Gasteiger partial charge in [0.2, 0.25) is 0 Å². The number of anilines is 2. The Bertz CT molecular complexity index is 613. The summed E-state index contributed by atoms with van der Waals surface area (Å²) in [5.41, 5.74) is 6.99. The molecule has 1 amide bonds. The first-order valence-electron chi connectivity index (χ1n) is 5.57. The molecule has 0 saturated heterocycles. The fourth-order valence-electron chi connectivity index (χ4n) is 1.67. The summed E-state index contributed by atoms with van der Waals surface area (Å²) in [6.07, 6.45) is 0. The number of carbonyl (C=O) groups is 1. The third-order valence-corrected chi connectivity index (χ3v) is 3.07. The average Bonchev–Trinajstić information content (AvgIpc) is 2.41. The van der Waals surface area contributed by atoms with Gasteiger partial charge in [0.05, 0.1) is 10.6 Å². The van der Waals surface area contributed by atoms with E-state index in [0.29, 0.717) is 22.0 Å². The zero-order valence-electron chi connectivity index (χ0n) is 10.2. The molecule has 0 fully saturated rings. The summed E-state index contributed by atoms with van der Waals surface area (Å²) >= 11 is 5.98. The molecular weight excluding hydrogens is 267 g/mol. The topological polar surface area (TPSA) is 46.3 Å². The Morgan fingerprint density at radius 2 is 1.84 bits per heavy atom. The number of nitrogens with zero attached hydrogens (tertiary/aromatic N) is 1. The number of rotatable bonds is 2. The van der Waals surface area contributed by atoms with Crippen LogP contribution in [0.3, 0.4) is 0 Å². The van der Waals surface area contributed by atoms with E-state index in [1.165, 1.54) is 35.2 Å². The number of halogens is 2. The van der Waals surface area contributed by atoms with Gasteiger partial charge in [-0.05, 0) is 42.5 Å². The van der Waals surface area contributed by atoms with Crippen LogP contribution in [0.5, 0.6) is 0 Å². The maximum absolute atomic E-state index is 12.9. The summed E-state index contributed by atoms with van der Waals surface area (Å²) in [6.45, 7) is 0. The molecule has 0 aromatic heterocycles. The van der Waals surface area contributed by atoms with Crippen LogP contribution in [0.1, 0.15) is 10.4 Å². The second-order valence-corrected chi connectivity index (χ2v) is 4.49. The van der Waals surface area contributed by atoms with Crippen LogP contribution in [-0.2, 0) is 0 Å². The second-order valence-electron chi connectivity index (χ2n) is 4.08. The highest BCUT2D eigenvalue weighted by Gasteiger charge is 2.16. The van der Waals surface area contributed by atoms with Crippen molar-refractivity contribution >= 4 is 28.9 Å². The van der Waals surface area contributed by atoms with Crippen molar-refractivity contribution in [1.82, 2.24) is 0 Å². The van der Waals surface area contributed by atoms with E-state index in [2.05, 4.69) is 0 Å². The highest BCUT2D eigenvalue weighted by atomic mass is 35.5. The Labute approximate surface area is 115 Å². The number of nitrogen functional groups attached to an aromatic ring is 1. The summed E-state index contributed by atoms with van der Waals surface area (Å²) in [5.74, 6) is -0.657. The smallest absolute Gasteiger partial charge is 0.259 e. The number of carbonyl (C=O) groups excluding carboxylic acids is 1. The Morgan fingerprint density at radius 3 is 2.47 bits per heavy atom. The standard InChI is InChI=1S/C14H12ClFN2O/c1-18(11-5-2-9(16)3-6-11)14(19)12-8-10(17)4-7-13(12)15/h2-8H,17H2,1H3. The average molecular weight is 279 g/mol. The van der Waals surface area contributed by atoms with E-state index in [0.717, 1.165) is 0 Å². The van der Waals surface area contributed by atoms with Crippen molar-refractivity contribution in [3.8, 4) is 0 Å². The molecule has 0 saturated carbocycles. The van der Waals surface area contributed by atoms with Crippen LogP contribution in [0.15, 0.2) is 42.5 Å². The van der Waals surface area contributed by atoms with Gasteiger partial charge in [-0.3, -0.25) is 4.79 Å². The van der Waals surface area contributed by atoms with Crippen LogP contribution < -0.4 is 10.6 Å². The van der Waals surface area contributed by atoms with E-state index in [1.54, 1.807) is 19.2 Å². The minimum absolute atomic E-state index is 0.302. The van der Waals surface area contributed by atoms with Gasteiger partial charge in [0.25, 0.3) is 5.91 Å². The minimum Gasteiger partial charge on any atom is -0.399 e. The zero-order valence-corrected chi connectivity index (χ0v) is 11.0. The quantitative estimate of drug-likeness (QED) is 0.857. The van der Waals surface area contributed by atoms with Crippen molar-refractivity contribution in [1.29, 1.82) is 0 Å². The lowest BCUT2D eigenvalue weighted by Gasteiger charge is -2.18. The van der Waals surface area contributed by atoms with Crippen molar-refractivity contribution < 1.29 is 9.18 Å². The van der Waals surface area contributed by atoms with Crippen LogP contribution in [0.25, 0.3) is 0 Å². The summed E-state index contributed by atoms with van der Waals surface area (Å²) in [4.78, 5) is 13.7. The molecule has 2 rings (SSSR count). The normalized spacial score (nSPS) is 10.3. The Hall–Kier alpha value is -2.07. The van der Waals surface area contributed by atoms with Crippen LogP contribution in [0.4, 0.5) is 15.8 Å². The van der Waals surface area contributed by atoms with Gasteiger partial charge in [-0.25, -0.2) is 4.39 Å². The van der Waals surface area contributed by atoms with Gasteiger partial charge >= 0.3 is 0 Å². The molecule has 3 nitrogen and oxygen atoms in total. The first-order chi connectivity index (χ1) is 8.99. The van der Waals surface area contributed by atoms with Gasteiger partial charge in [0.15, 0.2) is 0 Å². The number of benzene rings is 2. The first-order valence-corrected chi connectivity index (χ1v) is 5.95. The largest absolute Gasteiger partial charge is 0.399 e. The molecule has 0 heterocycles. The fraction of sp³-hybridized carbons (Fsp3) is 0.0714. The Balaban J connectivity index is 2.33. The van der Waals surface area contributed by atoms with Crippen LogP contribution >= 0.6 is 11.6 Å². The molecule has 0 aliphatic rings. The van der Waals surface area contributed by atoms with Crippen molar-refractivity contribution in [2.45, 2.75) is 0 Å². The zero-order chi connectivity index (χ0) is 14.0. The van der Waals surface area contributed by atoms with Gasteiger partial charge in [0.1, 0.15) is 5.82 Å². The molecule has 0 aliphatic heterocycles. The molecule has 0 bridgehead atoms. The van der Waals surface area contributed by atoms with E-state index >= 15 is 0 Å². The summed E-state index contributed by atoms with van der Waals surface area (Å²) in [5, 5.41) is 0.327. The van der Waals surface area contributed by atoms with E-state index in [4.69, 9.17) is 17.3 Å². The number of nitrogens with two attached hydrogens (primary N) is 1. The summed E-state index contributed by atoms with van der Waals surface area (Å²) < 4.78 is 12.9. The van der Waals surface area contributed by atoms with Crippen molar-refractivity contribution in [3.05, 3.63) is 58.9 Å². The maximum Gasteiger partial charge on any atom is 0.259 e. The van der Waals surface area contributed by atoms with Crippen molar-refractivity contribution in [3.63, 3.8) is 0 Å². The lowest BCUT2D eigenvalue weighted by atomic mass is 10.1. The van der Waals surface area contributed by atoms with E-state index < -0.39 is 0 Å². The highest BCUT2D eigenvalue weighted by Crippen LogP contribution is 2.23. The molecule has 5 heteroatoms. The third-order valence-electron chi connectivity index (χ3n) is 2.74. The van der Waals surface area contributed by atoms with Crippen LogP contribution in [0.2, 0.25) is 5.02 Å². The van der Waals surface area contributed by atoms with Gasteiger partial charge < -0.3 is 10.6 Å². The van der Waals surface area contributed by atoms with Crippen LogP contribution in [-0.4, -0.2) is 13.0 Å². The lowest BCUT2D eigenvalue weighted by Crippen LogP contribution is -2.26. The molecule has 0 atom stereocenters. The SMILES string of the molecule is CN(C(=O)c1cc(N)ccc1Cl)c1ccc(F)cc1. The maximum atomic E-state index is 12.9. The minimum atomic E-state index is -0.355. The number of hydrogen-bond acceptors (Lipinski definition) is 2. The predicted octanol–water partition coefficient (Wildman–Crippen LogP) is 3.34. The second kappa shape index (κ2) is 5.28. The molecule has 19 heavy (non-hydrogen) atoms. The fourth-order valence-corrected chi connectivity index (χ4v) is 1.87. The Kier molecular flexibility index (Phi) is 3.71. The van der Waals surface area contributed by atoms with E-state index in [9.17, 15) is 9.18 Å². The van der Waals surface area contributed by atoms with Gasteiger partial charge in [-0.1, -0.05) is 11.6 Å². The Morgan fingerprint density at radius 1 is 1.21 bits per heavy atom.